The molecule has 1 aliphatic heterocycles. The van der Waals surface area contributed by atoms with Crippen LogP contribution >= 0.6 is 15.9 Å². The summed E-state index contributed by atoms with van der Waals surface area (Å²) in [5.74, 6) is -0.238. The number of aromatic nitrogens is 1. The van der Waals surface area contributed by atoms with E-state index in [4.69, 9.17) is 4.74 Å². The molecule has 1 aliphatic rings. The normalized spacial score (nSPS) is 16.2. The van der Waals surface area contributed by atoms with Crippen molar-refractivity contribution in [2.45, 2.75) is 45.2 Å². The van der Waals surface area contributed by atoms with Crippen molar-refractivity contribution in [2.75, 3.05) is 23.3 Å². The maximum absolute atomic E-state index is 12.5. The van der Waals surface area contributed by atoms with Crippen molar-refractivity contribution in [3.8, 4) is 5.75 Å². The van der Waals surface area contributed by atoms with Crippen LogP contribution in [0.1, 0.15) is 37.6 Å². The van der Waals surface area contributed by atoms with Gasteiger partial charge in [0, 0.05) is 25.0 Å². The molecule has 8 nitrogen and oxygen atoms in total. The third-order valence-corrected chi connectivity index (χ3v) is 5.22. The van der Waals surface area contributed by atoms with Gasteiger partial charge in [-0.25, -0.2) is 9.78 Å². The molecule has 184 valence electrons. The minimum atomic E-state index is -4.79. The lowest BCUT2D eigenvalue weighted by Gasteiger charge is -2.22. The van der Waals surface area contributed by atoms with Crippen LogP contribution in [0.3, 0.4) is 0 Å². The van der Waals surface area contributed by atoms with E-state index in [2.05, 4.69) is 36.3 Å². The first kappa shape index (κ1) is 25.6. The molecule has 2 heterocycles. The number of anilines is 2. The molecule has 1 aromatic carbocycles. The molecular weight excluding hydrogens is 521 g/mol. The summed E-state index contributed by atoms with van der Waals surface area (Å²) in [6.07, 6.45) is -3.14. The molecule has 2 aromatic rings. The van der Waals surface area contributed by atoms with Crippen LogP contribution in [-0.2, 0) is 4.74 Å². The number of halogens is 4. The number of benzene rings is 1. The number of alkyl carbamates (subject to hydrolysis) is 1. The van der Waals surface area contributed by atoms with Crippen LogP contribution in [0.5, 0.6) is 5.75 Å². The van der Waals surface area contributed by atoms with E-state index >= 15 is 0 Å². The first-order valence-electron chi connectivity index (χ1n) is 10.4. The van der Waals surface area contributed by atoms with Gasteiger partial charge in [-0.2, -0.15) is 0 Å². The van der Waals surface area contributed by atoms with Crippen molar-refractivity contribution >= 4 is 39.4 Å². The average molecular weight is 545 g/mol. The summed E-state index contributed by atoms with van der Waals surface area (Å²) in [6, 6.07) is 6.32. The zero-order valence-electron chi connectivity index (χ0n) is 18.7. The smallest absolute Gasteiger partial charge is 0.444 e. The van der Waals surface area contributed by atoms with Gasteiger partial charge >= 0.3 is 12.5 Å². The van der Waals surface area contributed by atoms with E-state index in [1.165, 1.54) is 18.3 Å². The van der Waals surface area contributed by atoms with Crippen molar-refractivity contribution < 1.29 is 32.2 Å². The molecular formula is C22H24BrF3N4O4. The summed E-state index contributed by atoms with van der Waals surface area (Å²) < 4.78 is 46.5. The second-order valence-corrected chi connectivity index (χ2v) is 9.49. The molecule has 1 fully saturated rings. The minimum Gasteiger partial charge on any atom is -0.444 e. The Morgan fingerprint density at radius 2 is 1.85 bits per heavy atom. The van der Waals surface area contributed by atoms with E-state index in [1.807, 2.05) is 4.90 Å². The van der Waals surface area contributed by atoms with Gasteiger partial charge < -0.3 is 25.0 Å². The van der Waals surface area contributed by atoms with Crippen LogP contribution < -0.4 is 20.3 Å². The summed E-state index contributed by atoms with van der Waals surface area (Å²) >= 11 is 3.44. The fourth-order valence-corrected chi connectivity index (χ4v) is 3.88. The number of alkyl halides is 3. The lowest BCUT2D eigenvalue weighted by molar-refractivity contribution is -0.274. The summed E-state index contributed by atoms with van der Waals surface area (Å²) in [4.78, 5) is 30.9. The molecule has 0 saturated carbocycles. The van der Waals surface area contributed by atoms with Gasteiger partial charge in [-0.05, 0) is 73.5 Å². The largest absolute Gasteiger partial charge is 0.573 e. The topological polar surface area (TPSA) is 92.8 Å². The Bertz CT molecular complexity index is 1040. The molecule has 0 spiro atoms. The predicted molar refractivity (Wildman–Crippen MR) is 123 cm³/mol. The molecule has 3 rings (SSSR count). The molecule has 1 atom stereocenters. The van der Waals surface area contributed by atoms with Gasteiger partial charge in [0.2, 0.25) is 0 Å². The van der Waals surface area contributed by atoms with Crippen molar-refractivity contribution in [3.63, 3.8) is 0 Å². The van der Waals surface area contributed by atoms with Gasteiger partial charge in [-0.3, -0.25) is 4.79 Å². The molecule has 12 heteroatoms. The maximum atomic E-state index is 12.5. The van der Waals surface area contributed by atoms with Gasteiger partial charge in [0.25, 0.3) is 5.91 Å². The molecule has 1 aromatic heterocycles. The Kier molecular flexibility index (Phi) is 7.59. The van der Waals surface area contributed by atoms with Gasteiger partial charge in [-0.1, -0.05) is 0 Å². The summed E-state index contributed by atoms with van der Waals surface area (Å²) in [5.41, 5.74) is -0.0217. The number of hydrogen-bond acceptors (Lipinski definition) is 6. The number of carbonyl (C=O) groups excluding carboxylic acids is 2. The van der Waals surface area contributed by atoms with Crippen LogP contribution in [0.4, 0.5) is 29.5 Å². The first-order chi connectivity index (χ1) is 15.8. The zero-order chi connectivity index (χ0) is 25.1. The molecule has 0 aliphatic carbocycles. The quantitative estimate of drug-likeness (QED) is 0.544. The van der Waals surface area contributed by atoms with Crippen LogP contribution in [0.2, 0.25) is 0 Å². The van der Waals surface area contributed by atoms with E-state index in [9.17, 15) is 22.8 Å². The van der Waals surface area contributed by atoms with E-state index in [-0.39, 0.29) is 17.4 Å². The molecule has 0 bridgehead atoms. The third kappa shape index (κ3) is 7.51. The molecule has 1 unspecified atom stereocenters. The maximum Gasteiger partial charge on any atom is 0.573 e. The van der Waals surface area contributed by atoms with Crippen LogP contribution in [-0.4, -0.2) is 48.1 Å². The second-order valence-electron chi connectivity index (χ2n) is 8.63. The molecule has 2 N–H and O–H groups in total. The standard InChI is InChI=1S/C22H24BrF3N4O4/c1-21(2,3)34-20(32)29-15-8-9-30(12-15)18-17(23)10-13(11-27-18)19(31)28-14-4-6-16(7-5-14)33-22(24,25)26/h4-7,10-11,15H,8-9,12H2,1-3H3,(H,28,31)(H,29,32). The van der Waals surface area contributed by atoms with E-state index in [1.54, 1.807) is 26.8 Å². The summed E-state index contributed by atoms with van der Waals surface area (Å²) in [7, 11) is 0. The number of hydrogen-bond donors (Lipinski definition) is 2. The molecule has 0 radical (unpaired) electrons. The summed E-state index contributed by atoms with van der Waals surface area (Å²) in [6.45, 7) is 6.57. The van der Waals surface area contributed by atoms with Crippen molar-refractivity contribution in [2.24, 2.45) is 0 Å². The van der Waals surface area contributed by atoms with E-state index in [0.717, 1.165) is 12.1 Å². The van der Waals surface area contributed by atoms with Crippen LogP contribution in [0.15, 0.2) is 41.0 Å². The lowest BCUT2D eigenvalue weighted by atomic mass is 10.2. The molecule has 34 heavy (non-hydrogen) atoms. The number of carbonyl (C=O) groups is 2. The van der Waals surface area contributed by atoms with Crippen LogP contribution in [0, 0.1) is 0 Å². The van der Waals surface area contributed by atoms with E-state index in [0.29, 0.717) is 35.5 Å². The fraction of sp³-hybridized carbons (Fsp3) is 0.409. The average Bonchev–Trinajstić information content (AvgIpc) is 3.14. The van der Waals surface area contributed by atoms with Gasteiger partial charge in [-0.15, -0.1) is 13.2 Å². The monoisotopic (exact) mass is 544 g/mol. The highest BCUT2D eigenvalue weighted by atomic mass is 79.9. The number of nitrogens with zero attached hydrogens (tertiary/aromatic N) is 2. The highest BCUT2D eigenvalue weighted by molar-refractivity contribution is 9.10. The Hall–Kier alpha value is -3.02. The van der Waals surface area contributed by atoms with Crippen molar-refractivity contribution in [3.05, 3.63) is 46.6 Å². The number of ether oxygens (including phenoxy) is 2. The number of nitrogens with one attached hydrogen (secondary N) is 2. The Balaban J connectivity index is 1.58. The fourth-order valence-electron chi connectivity index (χ4n) is 3.28. The van der Waals surface area contributed by atoms with Gasteiger partial charge in [0.15, 0.2) is 0 Å². The SMILES string of the molecule is CC(C)(C)OC(=O)NC1CCN(c2ncc(C(=O)Nc3ccc(OC(F)(F)F)cc3)cc2Br)C1. The second kappa shape index (κ2) is 10.1. The van der Waals surface area contributed by atoms with Crippen LogP contribution in [0.25, 0.3) is 0 Å². The zero-order valence-corrected chi connectivity index (χ0v) is 20.3. The Morgan fingerprint density at radius 1 is 1.18 bits per heavy atom. The minimum absolute atomic E-state index is 0.101. The Morgan fingerprint density at radius 3 is 2.44 bits per heavy atom. The number of pyridine rings is 1. The highest BCUT2D eigenvalue weighted by Gasteiger charge is 2.31. The third-order valence-electron chi connectivity index (χ3n) is 4.64. The first-order valence-corrected chi connectivity index (χ1v) is 11.2. The molecule has 1 saturated heterocycles. The highest BCUT2D eigenvalue weighted by Crippen LogP contribution is 2.28. The number of amides is 2. The van der Waals surface area contributed by atoms with E-state index < -0.39 is 24.0 Å². The van der Waals surface area contributed by atoms with Crippen molar-refractivity contribution in [1.82, 2.24) is 10.3 Å². The van der Waals surface area contributed by atoms with Gasteiger partial charge in [0.05, 0.1) is 16.1 Å². The van der Waals surface area contributed by atoms with Gasteiger partial charge in [0.1, 0.15) is 17.2 Å². The predicted octanol–water partition coefficient (Wildman–Crippen LogP) is 5.10. The number of rotatable bonds is 5. The Labute approximate surface area is 202 Å². The summed E-state index contributed by atoms with van der Waals surface area (Å²) in [5, 5.41) is 5.45. The molecule has 2 amide bonds. The van der Waals surface area contributed by atoms with Crippen molar-refractivity contribution in [1.29, 1.82) is 0 Å². The lowest BCUT2D eigenvalue weighted by Crippen LogP contribution is -2.40.